The van der Waals surface area contributed by atoms with Crippen molar-refractivity contribution in [2.45, 2.75) is 26.7 Å². The molecule has 1 aliphatic rings. The monoisotopic (exact) mass is 333 g/mol. The largest absolute Gasteiger partial charge is 0.493 e. The van der Waals surface area contributed by atoms with Gasteiger partial charge in [0.05, 0.1) is 20.3 Å². The lowest BCUT2D eigenvalue weighted by molar-refractivity contribution is 0.0683. The Balaban J connectivity index is 1.65. The molecule has 1 heterocycles. The van der Waals surface area contributed by atoms with Crippen LogP contribution in [0.5, 0.6) is 11.5 Å². The first kappa shape index (κ1) is 18.8. The number of piperidine rings is 1. The molecule has 1 saturated heterocycles. The fraction of sp³-hybridized carbons (Fsp3) is 0.600. The summed E-state index contributed by atoms with van der Waals surface area (Å²) in [6.07, 6.45) is 6.72. The van der Waals surface area contributed by atoms with Crippen molar-refractivity contribution in [1.29, 1.82) is 0 Å². The van der Waals surface area contributed by atoms with Crippen LogP contribution in [0.15, 0.2) is 24.3 Å². The zero-order valence-corrected chi connectivity index (χ0v) is 15.3. The van der Waals surface area contributed by atoms with Crippen molar-refractivity contribution in [3.05, 3.63) is 29.8 Å². The molecule has 1 unspecified atom stereocenters. The zero-order valence-electron chi connectivity index (χ0n) is 15.3. The smallest absolute Gasteiger partial charge is 0.161 e. The van der Waals surface area contributed by atoms with Crippen molar-refractivity contribution in [2.24, 2.45) is 5.92 Å². The molecular formula is C20H31NO3. The Morgan fingerprint density at radius 1 is 1.21 bits per heavy atom. The van der Waals surface area contributed by atoms with E-state index in [0.29, 0.717) is 13.2 Å². The summed E-state index contributed by atoms with van der Waals surface area (Å²) >= 11 is 0. The first-order chi connectivity index (χ1) is 11.7. The molecule has 1 aliphatic heterocycles. The molecule has 0 radical (unpaired) electrons. The molecule has 0 aliphatic carbocycles. The lowest BCUT2D eigenvalue weighted by Gasteiger charge is -2.30. The highest BCUT2D eigenvalue weighted by Crippen LogP contribution is 2.28. The van der Waals surface area contributed by atoms with Crippen molar-refractivity contribution in [1.82, 2.24) is 4.90 Å². The maximum atomic E-state index is 5.78. The van der Waals surface area contributed by atoms with Gasteiger partial charge in [-0.15, -0.1) is 0 Å². The van der Waals surface area contributed by atoms with E-state index in [-0.39, 0.29) is 0 Å². The number of rotatable bonds is 9. The van der Waals surface area contributed by atoms with Crippen LogP contribution in [-0.2, 0) is 4.74 Å². The number of ether oxygens (including phenoxy) is 3. The third-order valence-electron chi connectivity index (χ3n) is 4.33. The fourth-order valence-corrected chi connectivity index (χ4v) is 3.10. The average Bonchev–Trinajstić information content (AvgIpc) is 2.59. The molecule has 134 valence electrons. The van der Waals surface area contributed by atoms with E-state index < -0.39 is 0 Å². The maximum absolute atomic E-state index is 5.78. The molecular weight excluding hydrogens is 302 g/mol. The predicted molar refractivity (Wildman–Crippen MR) is 98.9 cm³/mol. The molecule has 1 aromatic rings. The van der Waals surface area contributed by atoms with Crippen LogP contribution in [-0.4, -0.2) is 51.5 Å². The maximum Gasteiger partial charge on any atom is 0.161 e. The van der Waals surface area contributed by atoms with Crippen LogP contribution in [0.2, 0.25) is 0 Å². The van der Waals surface area contributed by atoms with Gasteiger partial charge in [0, 0.05) is 13.1 Å². The summed E-state index contributed by atoms with van der Waals surface area (Å²) in [6.45, 7) is 9.67. The SMILES string of the molecule is CC=Cc1ccc(OCCOCCN2CCCC(C)C2)c(OC)c1. The van der Waals surface area contributed by atoms with Crippen molar-refractivity contribution in [2.75, 3.05) is 46.6 Å². The summed E-state index contributed by atoms with van der Waals surface area (Å²) in [5.41, 5.74) is 1.11. The van der Waals surface area contributed by atoms with Crippen molar-refractivity contribution in [3.63, 3.8) is 0 Å². The van der Waals surface area contributed by atoms with E-state index in [1.807, 2.05) is 37.3 Å². The van der Waals surface area contributed by atoms with Crippen molar-refractivity contribution >= 4 is 6.08 Å². The van der Waals surface area contributed by atoms with Crippen LogP contribution in [0.3, 0.4) is 0 Å². The van der Waals surface area contributed by atoms with Crippen LogP contribution in [0, 0.1) is 5.92 Å². The number of methoxy groups -OCH3 is 1. The van der Waals surface area contributed by atoms with E-state index in [2.05, 4.69) is 11.8 Å². The first-order valence-corrected chi connectivity index (χ1v) is 8.96. The minimum absolute atomic E-state index is 0.537. The van der Waals surface area contributed by atoms with Crippen LogP contribution in [0.25, 0.3) is 6.08 Å². The molecule has 0 N–H and O–H groups in total. The molecule has 0 spiro atoms. The van der Waals surface area contributed by atoms with Crippen LogP contribution >= 0.6 is 0 Å². The van der Waals surface area contributed by atoms with Gasteiger partial charge < -0.3 is 19.1 Å². The Morgan fingerprint density at radius 3 is 2.83 bits per heavy atom. The highest BCUT2D eigenvalue weighted by atomic mass is 16.5. The molecule has 1 fully saturated rings. The van der Waals surface area contributed by atoms with Gasteiger partial charge in [-0.25, -0.2) is 0 Å². The molecule has 24 heavy (non-hydrogen) atoms. The Kier molecular flexibility index (Phi) is 8.13. The second-order valence-electron chi connectivity index (χ2n) is 6.42. The van der Waals surface area contributed by atoms with E-state index in [4.69, 9.17) is 14.2 Å². The van der Waals surface area contributed by atoms with Crippen molar-refractivity contribution < 1.29 is 14.2 Å². The molecule has 0 aromatic heterocycles. The topological polar surface area (TPSA) is 30.9 Å². The third kappa shape index (κ3) is 6.17. The molecule has 1 atom stereocenters. The number of likely N-dealkylation sites (tertiary alicyclic amines) is 1. The highest BCUT2D eigenvalue weighted by molar-refractivity contribution is 5.55. The first-order valence-electron chi connectivity index (χ1n) is 8.96. The van der Waals surface area contributed by atoms with Gasteiger partial charge in [0.25, 0.3) is 0 Å². The molecule has 4 heteroatoms. The van der Waals surface area contributed by atoms with Crippen LogP contribution in [0.1, 0.15) is 32.3 Å². The third-order valence-corrected chi connectivity index (χ3v) is 4.33. The number of nitrogens with zero attached hydrogens (tertiary/aromatic N) is 1. The second-order valence-corrected chi connectivity index (χ2v) is 6.42. The molecule has 0 bridgehead atoms. The van der Waals surface area contributed by atoms with E-state index in [0.717, 1.165) is 36.1 Å². The summed E-state index contributed by atoms with van der Waals surface area (Å²) in [7, 11) is 1.66. The summed E-state index contributed by atoms with van der Waals surface area (Å²) in [5.74, 6) is 2.34. The number of hydrogen-bond acceptors (Lipinski definition) is 4. The Labute approximate surface area is 146 Å². The van der Waals surface area contributed by atoms with E-state index in [1.54, 1.807) is 7.11 Å². The standard InChI is InChI=1S/C20H31NO3/c1-4-6-18-8-9-19(20(15-18)22-3)24-14-13-23-12-11-21-10-5-7-17(2)16-21/h4,6,8-9,15,17H,5,7,10-14,16H2,1-3H3. The molecule has 0 saturated carbocycles. The van der Waals surface area contributed by atoms with Crippen LogP contribution in [0.4, 0.5) is 0 Å². The molecule has 4 nitrogen and oxygen atoms in total. The quantitative estimate of drug-likeness (QED) is 0.642. The van der Waals surface area contributed by atoms with Gasteiger partial charge in [-0.2, -0.15) is 0 Å². The highest BCUT2D eigenvalue weighted by Gasteiger charge is 2.15. The summed E-state index contributed by atoms with van der Waals surface area (Å²) in [5, 5.41) is 0. The van der Waals surface area contributed by atoms with Crippen LogP contribution < -0.4 is 9.47 Å². The number of hydrogen-bond donors (Lipinski definition) is 0. The van der Waals surface area contributed by atoms with Gasteiger partial charge in [-0.05, 0) is 49.9 Å². The van der Waals surface area contributed by atoms with E-state index >= 15 is 0 Å². The van der Waals surface area contributed by atoms with Gasteiger partial charge >= 0.3 is 0 Å². The summed E-state index contributed by atoms with van der Waals surface area (Å²) in [4.78, 5) is 2.50. The van der Waals surface area contributed by atoms with Gasteiger partial charge in [0.2, 0.25) is 0 Å². The minimum atomic E-state index is 0.537. The van der Waals surface area contributed by atoms with Gasteiger partial charge in [-0.1, -0.05) is 25.1 Å². The second kappa shape index (κ2) is 10.4. The summed E-state index contributed by atoms with van der Waals surface area (Å²) < 4.78 is 16.9. The fourth-order valence-electron chi connectivity index (χ4n) is 3.10. The predicted octanol–water partition coefficient (Wildman–Crippen LogP) is 3.86. The normalized spacial score (nSPS) is 18.9. The molecule has 0 amide bonds. The lowest BCUT2D eigenvalue weighted by Crippen LogP contribution is -2.36. The lowest BCUT2D eigenvalue weighted by atomic mass is 10.0. The Hall–Kier alpha value is -1.52. The number of benzene rings is 1. The Morgan fingerprint density at radius 2 is 2.08 bits per heavy atom. The average molecular weight is 333 g/mol. The number of allylic oxidation sites excluding steroid dienone is 1. The summed E-state index contributed by atoms with van der Waals surface area (Å²) in [6, 6.07) is 5.95. The van der Waals surface area contributed by atoms with E-state index in [1.165, 1.54) is 25.9 Å². The van der Waals surface area contributed by atoms with Crippen molar-refractivity contribution in [3.8, 4) is 11.5 Å². The molecule has 1 aromatic carbocycles. The zero-order chi connectivity index (χ0) is 17.2. The van der Waals surface area contributed by atoms with Gasteiger partial charge in [0.1, 0.15) is 6.61 Å². The minimum Gasteiger partial charge on any atom is -0.493 e. The van der Waals surface area contributed by atoms with Gasteiger partial charge in [-0.3, -0.25) is 0 Å². The van der Waals surface area contributed by atoms with E-state index in [9.17, 15) is 0 Å². The van der Waals surface area contributed by atoms with Gasteiger partial charge in [0.15, 0.2) is 11.5 Å². The molecule has 2 rings (SSSR count). The Bertz CT molecular complexity index is 516.